The molecule has 0 amide bonds. The number of rotatable bonds is 4. The minimum Gasteiger partial charge on any atom is -0.462 e. The highest BCUT2D eigenvalue weighted by molar-refractivity contribution is 5.94. The van der Waals surface area contributed by atoms with E-state index in [1.165, 1.54) is 16.7 Å². The molecule has 2 atom stereocenters. The molecule has 2 aliphatic rings. The minimum absolute atomic E-state index is 0.00617. The third-order valence-corrected chi connectivity index (χ3v) is 6.31. The molecule has 2 aliphatic heterocycles. The molecule has 35 heavy (non-hydrogen) atoms. The van der Waals surface area contributed by atoms with Crippen molar-refractivity contribution in [1.82, 2.24) is 9.88 Å². The second-order valence-electron chi connectivity index (χ2n) is 8.53. The van der Waals surface area contributed by atoms with Crippen molar-refractivity contribution in [3.05, 3.63) is 75.3 Å². The molecule has 0 bridgehead atoms. The van der Waals surface area contributed by atoms with Gasteiger partial charge < -0.3 is 24.1 Å². The summed E-state index contributed by atoms with van der Waals surface area (Å²) in [6.07, 6.45) is 1.45. The number of carbonyl (C=O) groups is 1. The highest BCUT2D eigenvalue weighted by Gasteiger charge is 2.42. The van der Waals surface area contributed by atoms with Crippen molar-refractivity contribution in [3.63, 3.8) is 0 Å². The van der Waals surface area contributed by atoms with Crippen LogP contribution in [0.25, 0.3) is 16.6 Å². The van der Waals surface area contributed by atoms with E-state index in [1.807, 2.05) is 0 Å². The van der Waals surface area contributed by atoms with E-state index in [4.69, 9.17) is 14.2 Å². The number of carbonyl (C=O) groups excluding carboxylic acids is 1. The lowest BCUT2D eigenvalue weighted by molar-refractivity contribution is -0.284. The number of benzene rings is 2. The Morgan fingerprint density at radius 2 is 2.06 bits per heavy atom. The van der Waals surface area contributed by atoms with Crippen molar-refractivity contribution < 1.29 is 32.2 Å². The molecule has 2 unspecified atom stereocenters. The van der Waals surface area contributed by atoms with E-state index in [2.05, 4.69) is 5.32 Å². The Labute approximate surface area is 198 Å². The van der Waals surface area contributed by atoms with Crippen LogP contribution < -0.4 is 10.7 Å². The van der Waals surface area contributed by atoms with Crippen LogP contribution in [0.2, 0.25) is 0 Å². The normalized spacial score (nSPS) is 22.1. The summed E-state index contributed by atoms with van der Waals surface area (Å²) < 4.78 is 61.9. The summed E-state index contributed by atoms with van der Waals surface area (Å²) in [6, 6.07) is 5.35. The first-order chi connectivity index (χ1) is 16.8. The van der Waals surface area contributed by atoms with Gasteiger partial charge in [-0.05, 0) is 31.2 Å². The molecule has 184 valence electrons. The van der Waals surface area contributed by atoms with Crippen molar-refractivity contribution in [2.45, 2.75) is 31.7 Å². The molecular weight excluding hydrogens is 465 g/mol. The lowest BCUT2D eigenvalue weighted by Gasteiger charge is -2.38. The molecule has 10 heteroatoms. The molecular formula is C25H23F3N2O5. The van der Waals surface area contributed by atoms with Gasteiger partial charge in [-0.3, -0.25) is 4.79 Å². The van der Waals surface area contributed by atoms with E-state index in [0.29, 0.717) is 38.6 Å². The molecule has 2 saturated heterocycles. The van der Waals surface area contributed by atoms with Crippen LogP contribution in [0.4, 0.5) is 13.2 Å². The van der Waals surface area contributed by atoms with E-state index in [9.17, 15) is 18.4 Å². The largest absolute Gasteiger partial charge is 0.462 e. The quantitative estimate of drug-likeness (QED) is 0.564. The van der Waals surface area contributed by atoms with E-state index >= 15 is 4.39 Å². The Balaban J connectivity index is 1.72. The van der Waals surface area contributed by atoms with Crippen molar-refractivity contribution >= 4 is 16.9 Å². The predicted molar refractivity (Wildman–Crippen MR) is 120 cm³/mol. The zero-order chi connectivity index (χ0) is 24.7. The van der Waals surface area contributed by atoms with Crippen LogP contribution >= 0.6 is 0 Å². The second-order valence-corrected chi connectivity index (χ2v) is 8.53. The van der Waals surface area contributed by atoms with Crippen LogP contribution in [0.15, 0.2) is 41.3 Å². The van der Waals surface area contributed by atoms with Crippen molar-refractivity contribution in [2.75, 3.05) is 26.3 Å². The van der Waals surface area contributed by atoms with E-state index in [1.54, 1.807) is 6.92 Å². The number of ether oxygens (including phenoxy) is 3. The minimum atomic E-state index is -0.927. The van der Waals surface area contributed by atoms with Crippen LogP contribution in [-0.2, 0) is 14.2 Å². The van der Waals surface area contributed by atoms with Crippen molar-refractivity contribution in [2.24, 2.45) is 0 Å². The van der Waals surface area contributed by atoms with Gasteiger partial charge in [0.05, 0.1) is 30.5 Å². The molecule has 3 heterocycles. The first-order valence-corrected chi connectivity index (χ1v) is 11.4. The number of nitrogens with zero attached hydrogens (tertiary/aromatic N) is 1. The number of aromatic nitrogens is 1. The standard InChI is InChI=1S/C25H23F3N2O5/c1-2-33-24(32)17-12-30(20-4-3-14(26)9-19(20)28)21-11-15(18(27)10-16(21)23(17)31)22-5-8-34-25(35-22)6-7-29-13-25/h3-4,9-12,22,29H,2,5-8,13H2,1H3. The Morgan fingerprint density at radius 1 is 1.23 bits per heavy atom. The SMILES string of the molecule is CCOC(=O)c1cn(-c2ccc(F)cc2F)c2cc(C3CCOC4(CCNC4)O3)c(F)cc2c1=O. The van der Waals surface area contributed by atoms with Gasteiger partial charge in [0.15, 0.2) is 5.79 Å². The first-order valence-electron chi connectivity index (χ1n) is 11.4. The Morgan fingerprint density at radius 3 is 2.77 bits per heavy atom. The third-order valence-electron chi connectivity index (χ3n) is 6.31. The van der Waals surface area contributed by atoms with Gasteiger partial charge in [-0.2, -0.15) is 0 Å². The first kappa shape index (κ1) is 23.5. The number of nitrogens with one attached hydrogen (secondary N) is 1. The van der Waals surface area contributed by atoms with Gasteiger partial charge >= 0.3 is 5.97 Å². The van der Waals surface area contributed by atoms with Gasteiger partial charge in [-0.25, -0.2) is 18.0 Å². The third kappa shape index (κ3) is 4.22. The maximum atomic E-state index is 15.4. The average Bonchev–Trinajstić information content (AvgIpc) is 3.27. The fourth-order valence-corrected chi connectivity index (χ4v) is 4.63. The fourth-order valence-electron chi connectivity index (χ4n) is 4.63. The summed E-state index contributed by atoms with van der Waals surface area (Å²) >= 11 is 0. The molecule has 0 radical (unpaired) electrons. The topological polar surface area (TPSA) is 78.8 Å². The van der Waals surface area contributed by atoms with Crippen LogP contribution in [0.5, 0.6) is 0 Å². The van der Waals surface area contributed by atoms with E-state index in [-0.39, 0.29) is 28.8 Å². The van der Waals surface area contributed by atoms with Crippen molar-refractivity contribution in [3.8, 4) is 5.69 Å². The lowest BCUT2D eigenvalue weighted by atomic mass is 10.00. The van der Waals surface area contributed by atoms with Gasteiger partial charge in [0.2, 0.25) is 5.43 Å². The molecule has 1 spiro atoms. The summed E-state index contributed by atoms with van der Waals surface area (Å²) in [5, 5.41) is 3.02. The molecule has 7 nitrogen and oxygen atoms in total. The number of esters is 1. The average molecular weight is 488 g/mol. The molecule has 2 fully saturated rings. The fraction of sp³-hybridized carbons (Fsp3) is 0.360. The van der Waals surface area contributed by atoms with Gasteiger partial charge in [-0.15, -0.1) is 0 Å². The second kappa shape index (κ2) is 9.10. The Kier molecular flexibility index (Phi) is 6.12. The van der Waals surface area contributed by atoms with Crippen LogP contribution in [0.1, 0.15) is 41.8 Å². The highest BCUT2D eigenvalue weighted by Crippen LogP contribution is 2.38. The van der Waals surface area contributed by atoms with Crippen LogP contribution in [0, 0.1) is 17.5 Å². The summed E-state index contributed by atoms with van der Waals surface area (Å²) in [5.41, 5.74) is -0.963. The molecule has 3 aromatic rings. The Hall–Kier alpha value is -3.21. The maximum Gasteiger partial charge on any atom is 0.343 e. The summed E-state index contributed by atoms with van der Waals surface area (Å²) in [4.78, 5) is 25.6. The highest BCUT2D eigenvalue weighted by atomic mass is 19.1. The maximum absolute atomic E-state index is 15.4. The zero-order valence-electron chi connectivity index (χ0n) is 18.9. The molecule has 0 saturated carbocycles. The lowest BCUT2D eigenvalue weighted by Crippen LogP contribution is -2.43. The van der Waals surface area contributed by atoms with Crippen LogP contribution in [0.3, 0.4) is 0 Å². The monoisotopic (exact) mass is 488 g/mol. The van der Waals surface area contributed by atoms with Gasteiger partial charge in [0.25, 0.3) is 0 Å². The molecule has 1 aromatic heterocycles. The van der Waals surface area contributed by atoms with Gasteiger partial charge in [-0.1, -0.05) is 0 Å². The molecule has 5 rings (SSSR count). The smallest absolute Gasteiger partial charge is 0.343 e. The summed E-state index contributed by atoms with van der Waals surface area (Å²) in [6.45, 7) is 3.10. The molecule has 0 aliphatic carbocycles. The number of pyridine rings is 1. The number of halogens is 3. The number of hydrogen-bond acceptors (Lipinski definition) is 6. The van der Waals surface area contributed by atoms with Gasteiger partial charge in [0.1, 0.15) is 23.0 Å². The number of hydrogen-bond donors (Lipinski definition) is 1. The molecule has 2 aromatic carbocycles. The van der Waals surface area contributed by atoms with Crippen molar-refractivity contribution in [1.29, 1.82) is 0 Å². The predicted octanol–water partition coefficient (Wildman–Crippen LogP) is 3.75. The number of fused-ring (bicyclic) bond motifs is 1. The van der Waals surface area contributed by atoms with Gasteiger partial charge in [0, 0.05) is 49.1 Å². The van der Waals surface area contributed by atoms with E-state index < -0.39 is 46.3 Å². The summed E-state index contributed by atoms with van der Waals surface area (Å²) in [5.74, 6) is -4.20. The summed E-state index contributed by atoms with van der Waals surface area (Å²) in [7, 11) is 0. The zero-order valence-corrected chi connectivity index (χ0v) is 18.9. The van der Waals surface area contributed by atoms with E-state index in [0.717, 1.165) is 18.3 Å². The Bertz CT molecular complexity index is 1370. The van der Waals surface area contributed by atoms with Crippen LogP contribution in [-0.4, -0.2) is 42.6 Å². The molecule has 1 N–H and O–H groups in total.